The second-order valence-electron chi connectivity index (χ2n) is 6.41. The van der Waals surface area contributed by atoms with Gasteiger partial charge in [-0.15, -0.1) is 0 Å². The molecule has 0 radical (unpaired) electrons. The predicted octanol–water partition coefficient (Wildman–Crippen LogP) is 3.31. The number of methoxy groups -OCH3 is 2. The first-order valence-electron chi connectivity index (χ1n) is 8.75. The number of ether oxygens (including phenoxy) is 3. The van der Waals surface area contributed by atoms with Crippen LogP contribution in [0.5, 0.6) is 5.75 Å². The molecule has 3 rings (SSSR count). The molecule has 1 aromatic heterocycles. The summed E-state index contributed by atoms with van der Waals surface area (Å²) in [5, 5.41) is 7.18. The molecule has 1 amide bonds. The number of hydrogen-bond acceptors (Lipinski definition) is 5. The van der Waals surface area contributed by atoms with Crippen LogP contribution in [0.25, 0.3) is 0 Å². The molecule has 0 saturated carbocycles. The molecule has 1 N–H and O–H groups in total. The van der Waals surface area contributed by atoms with Gasteiger partial charge in [0.05, 0.1) is 12.5 Å². The van der Waals surface area contributed by atoms with E-state index in [9.17, 15) is 4.79 Å². The van der Waals surface area contributed by atoms with Gasteiger partial charge in [-0.05, 0) is 52.9 Å². The summed E-state index contributed by atoms with van der Waals surface area (Å²) in [4.78, 5) is 13.2. The minimum absolute atomic E-state index is 0.0308. The number of thiophene rings is 1. The number of benzene rings is 1. The van der Waals surface area contributed by atoms with Crippen molar-refractivity contribution in [3.05, 3.63) is 52.2 Å². The summed E-state index contributed by atoms with van der Waals surface area (Å²) in [6.07, 6.45) is 1.20. The van der Waals surface area contributed by atoms with Crippen molar-refractivity contribution in [1.82, 2.24) is 5.32 Å². The van der Waals surface area contributed by atoms with E-state index in [4.69, 9.17) is 14.2 Å². The first-order valence-corrected chi connectivity index (χ1v) is 9.69. The highest BCUT2D eigenvalue weighted by Crippen LogP contribution is 2.36. The Bertz CT molecular complexity index is 693. The fraction of sp³-hybridized carbons (Fsp3) is 0.450. The molecule has 0 aliphatic carbocycles. The molecule has 1 saturated heterocycles. The van der Waals surface area contributed by atoms with Crippen LogP contribution in [-0.4, -0.2) is 39.9 Å². The van der Waals surface area contributed by atoms with Gasteiger partial charge in [-0.1, -0.05) is 12.1 Å². The fourth-order valence-electron chi connectivity index (χ4n) is 3.43. The summed E-state index contributed by atoms with van der Waals surface area (Å²) in [6, 6.07) is 9.80. The van der Waals surface area contributed by atoms with Crippen molar-refractivity contribution in [2.45, 2.75) is 24.4 Å². The molecular formula is C20H25NO4S. The maximum Gasteiger partial charge on any atom is 0.230 e. The van der Waals surface area contributed by atoms with E-state index in [1.807, 2.05) is 41.1 Å². The van der Waals surface area contributed by atoms with Gasteiger partial charge in [0.1, 0.15) is 11.9 Å². The molecule has 0 bridgehead atoms. The van der Waals surface area contributed by atoms with Crippen LogP contribution in [0.3, 0.4) is 0 Å². The minimum Gasteiger partial charge on any atom is -0.497 e. The molecule has 1 unspecified atom stereocenters. The van der Waals surface area contributed by atoms with Crippen molar-refractivity contribution in [3.8, 4) is 5.75 Å². The third-order valence-corrected chi connectivity index (χ3v) is 5.77. The van der Waals surface area contributed by atoms with Crippen LogP contribution < -0.4 is 10.1 Å². The van der Waals surface area contributed by atoms with Crippen LogP contribution in [0, 0.1) is 0 Å². The highest BCUT2D eigenvalue weighted by molar-refractivity contribution is 7.07. The van der Waals surface area contributed by atoms with E-state index in [1.165, 1.54) is 0 Å². The zero-order chi connectivity index (χ0) is 18.4. The van der Waals surface area contributed by atoms with Crippen molar-refractivity contribution in [3.63, 3.8) is 0 Å². The lowest BCUT2D eigenvalue weighted by Crippen LogP contribution is -2.49. The Hall–Kier alpha value is -1.89. The van der Waals surface area contributed by atoms with Crippen molar-refractivity contribution in [1.29, 1.82) is 0 Å². The number of rotatable bonds is 7. The third kappa shape index (κ3) is 3.92. The van der Waals surface area contributed by atoms with Crippen LogP contribution in [0.2, 0.25) is 0 Å². The van der Waals surface area contributed by atoms with Crippen molar-refractivity contribution in [2.75, 3.05) is 34.0 Å². The normalized spacial score (nSPS) is 17.5. The first kappa shape index (κ1) is 18.9. The number of hydrogen-bond donors (Lipinski definition) is 1. The van der Waals surface area contributed by atoms with E-state index in [2.05, 4.69) is 5.32 Å². The van der Waals surface area contributed by atoms with Gasteiger partial charge in [0.15, 0.2) is 0 Å². The Morgan fingerprint density at radius 1 is 1.23 bits per heavy atom. The predicted molar refractivity (Wildman–Crippen MR) is 102 cm³/mol. The van der Waals surface area contributed by atoms with Crippen LogP contribution in [0.1, 0.15) is 30.1 Å². The van der Waals surface area contributed by atoms with Gasteiger partial charge >= 0.3 is 0 Å². The summed E-state index contributed by atoms with van der Waals surface area (Å²) < 4.78 is 16.3. The molecular weight excluding hydrogens is 350 g/mol. The quantitative estimate of drug-likeness (QED) is 0.807. The van der Waals surface area contributed by atoms with Gasteiger partial charge in [-0.2, -0.15) is 11.3 Å². The lowest BCUT2D eigenvalue weighted by Gasteiger charge is -2.36. The van der Waals surface area contributed by atoms with Gasteiger partial charge in [0.2, 0.25) is 5.91 Å². The average Bonchev–Trinajstić information content (AvgIpc) is 3.23. The number of carbonyl (C=O) groups is 1. The molecule has 5 nitrogen and oxygen atoms in total. The van der Waals surface area contributed by atoms with Crippen molar-refractivity contribution < 1.29 is 19.0 Å². The van der Waals surface area contributed by atoms with Gasteiger partial charge in [0.25, 0.3) is 0 Å². The average molecular weight is 375 g/mol. The molecule has 1 aliphatic rings. The lowest BCUT2D eigenvalue weighted by molar-refractivity contribution is -0.131. The van der Waals surface area contributed by atoms with Crippen LogP contribution >= 0.6 is 11.3 Å². The molecule has 0 spiro atoms. The monoisotopic (exact) mass is 375 g/mol. The number of carbonyl (C=O) groups excluding carboxylic acids is 1. The molecule has 2 heterocycles. The van der Waals surface area contributed by atoms with Gasteiger partial charge in [-0.25, -0.2) is 0 Å². The van der Waals surface area contributed by atoms with Gasteiger partial charge in [0, 0.05) is 26.9 Å². The van der Waals surface area contributed by atoms with Gasteiger partial charge < -0.3 is 19.5 Å². The Kier molecular flexibility index (Phi) is 6.29. The maximum atomic E-state index is 13.2. The van der Waals surface area contributed by atoms with Crippen LogP contribution in [0.4, 0.5) is 0 Å². The molecule has 140 valence electrons. The van der Waals surface area contributed by atoms with Crippen LogP contribution in [-0.2, 0) is 19.7 Å². The number of nitrogens with one attached hydrogen (secondary N) is 1. The summed E-state index contributed by atoms with van der Waals surface area (Å²) in [7, 11) is 3.31. The summed E-state index contributed by atoms with van der Waals surface area (Å²) in [5.41, 5.74) is 1.52. The van der Waals surface area contributed by atoms with Crippen LogP contribution in [0.15, 0.2) is 41.1 Å². The smallest absolute Gasteiger partial charge is 0.230 e. The van der Waals surface area contributed by atoms with E-state index < -0.39 is 5.41 Å². The summed E-state index contributed by atoms with van der Waals surface area (Å²) >= 11 is 1.62. The van der Waals surface area contributed by atoms with E-state index in [-0.39, 0.29) is 12.0 Å². The summed E-state index contributed by atoms with van der Waals surface area (Å²) in [5.74, 6) is 0.816. The van der Waals surface area contributed by atoms with Gasteiger partial charge in [-0.3, -0.25) is 4.79 Å². The van der Waals surface area contributed by atoms with Crippen molar-refractivity contribution >= 4 is 17.2 Å². The third-order valence-electron chi connectivity index (χ3n) is 5.07. The van der Waals surface area contributed by atoms with E-state index >= 15 is 0 Å². The molecule has 1 aliphatic heterocycles. The fourth-order valence-corrected chi connectivity index (χ4v) is 4.13. The topological polar surface area (TPSA) is 56.8 Å². The van der Waals surface area contributed by atoms with E-state index in [0.29, 0.717) is 32.6 Å². The molecule has 6 heteroatoms. The minimum atomic E-state index is -0.572. The Labute approximate surface area is 158 Å². The molecule has 1 fully saturated rings. The molecule has 1 atom stereocenters. The van der Waals surface area contributed by atoms with E-state index in [0.717, 1.165) is 16.9 Å². The highest BCUT2D eigenvalue weighted by atomic mass is 32.1. The standard InChI is InChI=1S/C20H25NO4S/c1-23-17-5-3-16(4-6-17)20(8-10-25-11-9-20)19(22)21-13-18(24-2)15-7-12-26-14-15/h3-7,12,14,18H,8-11,13H2,1-2H3,(H,21,22). The Morgan fingerprint density at radius 2 is 1.96 bits per heavy atom. The van der Waals surface area contributed by atoms with Crippen molar-refractivity contribution in [2.24, 2.45) is 0 Å². The summed E-state index contributed by atoms with van der Waals surface area (Å²) in [6.45, 7) is 1.61. The zero-order valence-corrected chi connectivity index (χ0v) is 16.0. The van der Waals surface area contributed by atoms with E-state index in [1.54, 1.807) is 25.6 Å². The Balaban J connectivity index is 1.77. The maximum absolute atomic E-state index is 13.2. The number of amides is 1. The SMILES string of the molecule is COc1ccc(C2(C(=O)NCC(OC)c3ccsc3)CCOCC2)cc1. The first-order chi connectivity index (χ1) is 12.7. The second kappa shape index (κ2) is 8.66. The zero-order valence-electron chi connectivity index (χ0n) is 15.2. The molecule has 2 aromatic rings. The second-order valence-corrected chi connectivity index (χ2v) is 7.19. The lowest BCUT2D eigenvalue weighted by atomic mass is 9.73. The molecule has 1 aromatic carbocycles. The highest BCUT2D eigenvalue weighted by Gasteiger charge is 2.41. The molecule has 26 heavy (non-hydrogen) atoms. The largest absolute Gasteiger partial charge is 0.497 e. The Morgan fingerprint density at radius 3 is 2.54 bits per heavy atom.